The van der Waals surface area contributed by atoms with E-state index in [1.165, 1.54) is 24.8 Å². The fourth-order valence-corrected chi connectivity index (χ4v) is 4.11. The number of allylic oxidation sites excluding steroid dienone is 6. The van der Waals surface area contributed by atoms with Gasteiger partial charge in [-0.3, -0.25) is 0 Å². The zero-order valence-corrected chi connectivity index (χ0v) is 14.2. The van der Waals surface area contributed by atoms with Gasteiger partial charge in [-0.2, -0.15) is 0 Å². The van der Waals surface area contributed by atoms with E-state index in [0.29, 0.717) is 23.6 Å². The molecule has 1 unspecified atom stereocenters. The summed E-state index contributed by atoms with van der Waals surface area (Å²) in [6.07, 6.45) is 13.1. The predicted octanol–water partition coefficient (Wildman–Crippen LogP) is 4.82. The Morgan fingerprint density at radius 3 is 2.91 bits per heavy atom. The molecule has 0 aromatic rings. The molecule has 0 aromatic carbocycles. The smallest absolute Gasteiger partial charge is 0.0920 e. The highest BCUT2D eigenvalue weighted by Crippen LogP contribution is 2.41. The van der Waals surface area contributed by atoms with Gasteiger partial charge in [0.2, 0.25) is 0 Å². The van der Waals surface area contributed by atoms with Gasteiger partial charge < -0.3 is 10.4 Å². The van der Waals surface area contributed by atoms with Crippen molar-refractivity contribution in [2.45, 2.75) is 58.9 Å². The maximum absolute atomic E-state index is 9.65. The van der Waals surface area contributed by atoms with E-state index < -0.39 is 0 Å². The Bertz CT molecular complexity index is 560. The molecule has 2 heteroatoms. The number of hydrogen-bond acceptors (Lipinski definition) is 2. The second-order valence-electron chi connectivity index (χ2n) is 7.30. The number of aliphatic hydroxyl groups excluding tert-OH is 1. The fraction of sp³-hybridized carbons (Fsp3) is 0.600. The average Bonchev–Trinajstić information content (AvgIpc) is 2.66. The van der Waals surface area contributed by atoms with E-state index in [0.717, 1.165) is 25.0 Å². The van der Waals surface area contributed by atoms with Crippen LogP contribution in [-0.4, -0.2) is 17.7 Å². The molecule has 0 aromatic heterocycles. The van der Waals surface area contributed by atoms with E-state index in [1.54, 1.807) is 18.1 Å². The number of rotatable bonds is 1. The quantitative estimate of drug-likeness (QED) is 0.680. The average molecular weight is 299 g/mol. The van der Waals surface area contributed by atoms with Crippen LogP contribution in [-0.2, 0) is 0 Å². The standard InChI is InChI=1S/C20H29NO/c1-13-4-6-17-8-9-21-20-7-5-16(11-14(2)15(3)22)12-19(20)18(17)10-13/h6,10-11,13,19-22H,4-5,7-9,12H2,1-3H3/b15-14+,16-11-/t13?,19-,20+/m0/s1. The summed E-state index contributed by atoms with van der Waals surface area (Å²) < 4.78 is 0. The van der Waals surface area contributed by atoms with E-state index in [2.05, 4.69) is 30.5 Å². The van der Waals surface area contributed by atoms with Crippen LogP contribution in [0.15, 0.2) is 46.3 Å². The summed E-state index contributed by atoms with van der Waals surface area (Å²) in [5.41, 5.74) is 5.71. The first-order valence-corrected chi connectivity index (χ1v) is 8.75. The van der Waals surface area contributed by atoms with Crippen molar-refractivity contribution in [1.82, 2.24) is 5.32 Å². The maximum atomic E-state index is 9.65. The van der Waals surface area contributed by atoms with Crippen LogP contribution in [0.2, 0.25) is 0 Å². The van der Waals surface area contributed by atoms with Crippen molar-refractivity contribution >= 4 is 0 Å². The van der Waals surface area contributed by atoms with Crippen LogP contribution < -0.4 is 5.32 Å². The second kappa shape index (κ2) is 6.45. The first-order chi connectivity index (χ1) is 10.5. The number of nitrogens with one attached hydrogen (secondary N) is 1. The minimum atomic E-state index is 0.444. The topological polar surface area (TPSA) is 32.3 Å². The summed E-state index contributed by atoms with van der Waals surface area (Å²) >= 11 is 0. The molecule has 0 bridgehead atoms. The molecule has 1 saturated carbocycles. The number of aliphatic hydroxyl groups is 1. The van der Waals surface area contributed by atoms with Gasteiger partial charge in [0.15, 0.2) is 0 Å². The lowest BCUT2D eigenvalue weighted by Gasteiger charge is -2.35. The van der Waals surface area contributed by atoms with Crippen molar-refractivity contribution in [3.05, 3.63) is 46.3 Å². The molecule has 0 spiro atoms. The van der Waals surface area contributed by atoms with E-state index in [-0.39, 0.29) is 0 Å². The molecule has 0 radical (unpaired) electrons. The Morgan fingerprint density at radius 1 is 1.32 bits per heavy atom. The van der Waals surface area contributed by atoms with Gasteiger partial charge in [-0.15, -0.1) is 0 Å². The normalized spacial score (nSPS) is 34.9. The van der Waals surface area contributed by atoms with Gasteiger partial charge in [-0.1, -0.05) is 30.7 Å². The molecule has 2 N–H and O–H groups in total. The molecule has 3 atom stereocenters. The van der Waals surface area contributed by atoms with Gasteiger partial charge in [-0.05, 0) is 75.1 Å². The Hall–Kier alpha value is -1.28. The van der Waals surface area contributed by atoms with Crippen LogP contribution in [0.25, 0.3) is 0 Å². The number of fused-ring (bicyclic) bond motifs is 3. The third kappa shape index (κ3) is 3.22. The highest BCUT2D eigenvalue weighted by Gasteiger charge is 2.34. The van der Waals surface area contributed by atoms with Crippen LogP contribution in [0.1, 0.15) is 52.9 Å². The van der Waals surface area contributed by atoms with Crippen molar-refractivity contribution in [3.63, 3.8) is 0 Å². The lowest BCUT2D eigenvalue weighted by atomic mass is 9.73. The summed E-state index contributed by atoms with van der Waals surface area (Å²) in [6.45, 7) is 7.23. The maximum Gasteiger partial charge on any atom is 0.0920 e. The zero-order chi connectivity index (χ0) is 15.7. The summed E-state index contributed by atoms with van der Waals surface area (Å²) in [5, 5.41) is 13.4. The Kier molecular flexibility index (Phi) is 4.58. The molecule has 1 saturated heterocycles. The summed E-state index contributed by atoms with van der Waals surface area (Å²) in [7, 11) is 0. The molecule has 120 valence electrons. The molecule has 2 nitrogen and oxygen atoms in total. The molecule has 2 fully saturated rings. The van der Waals surface area contributed by atoms with Gasteiger partial charge in [-0.25, -0.2) is 0 Å². The molecular weight excluding hydrogens is 270 g/mol. The first kappa shape index (κ1) is 15.6. The van der Waals surface area contributed by atoms with E-state index in [1.807, 2.05) is 6.92 Å². The highest BCUT2D eigenvalue weighted by molar-refractivity contribution is 5.40. The molecule has 0 amide bonds. The van der Waals surface area contributed by atoms with Crippen LogP contribution in [0.4, 0.5) is 0 Å². The van der Waals surface area contributed by atoms with Crippen molar-refractivity contribution in [3.8, 4) is 0 Å². The summed E-state index contributed by atoms with van der Waals surface area (Å²) in [6, 6.07) is 0.624. The molecule has 3 aliphatic rings. The van der Waals surface area contributed by atoms with Crippen LogP contribution in [0.5, 0.6) is 0 Å². The van der Waals surface area contributed by atoms with Crippen molar-refractivity contribution in [2.24, 2.45) is 11.8 Å². The van der Waals surface area contributed by atoms with Crippen LogP contribution in [0.3, 0.4) is 0 Å². The summed E-state index contributed by atoms with van der Waals surface area (Å²) in [5.74, 6) is 1.73. The zero-order valence-electron chi connectivity index (χ0n) is 14.2. The first-order valence-electron chi connectivity index (χ1n) is 8.75. The monoisotopic (exact) mass is 299 g/mol. The predicted molar refractivity (Wildman–Crippen MR) is 92.8 cm³/mol. The van der Waals surface area contributed by atoms with Gasteiger partial charge in [0, 0.05) is 12.0 Å². The van der Waals surface area contributed by atoms with Crippen LogP contribution >= 0.6 is 0 Å². The third-order valence-electron chi connectivity index (χ3n) is 5.51. The largest absolute Gasteiger partial charge is 0.512 e. The third-order valence-corrected chi connectivity index (χ3v) is 5.51. The van der Waals surface area contributed by atoms with Gasteiger partial charge in [0.25, 0.3) is 0 Å². The Labute approximate surface area is 134 Å². The molecule has 2 aliphatic carbocycles. The SMILES string of the molecule is C/C(O)=C(C)\C=C1\CC[C@H]2NCCC3=CCC(C)C=C3[C@@H]2C1. The molecule has 22 heavy (non-hydrogen) atoms. The van der Waals surface area contributed by atoms with E-state index >= 15 is 0 Å². The van der Waals surface area contributed by atoms with E-state index in [9.17, 15) is 5.11 Å². The molecule has 3 rings (SSSR count). The van der Waals surface area contributed by atoms with Gasteiger partial charge in [0.05, 0.1) is 5.76 Å². The molecular formula is C20H29NO. The van der Waals surface area contributed by atoms with E-state index in [4.69, 9.17) is 0 Å². The minimum Gasteiger partial charge on any atom is -0.512 e. The van der Waals surface area contributed by atoms with Crippen molar-refractivity contribution < 1.29 is 5.11 Å². The Balaban J connectivity index is 1.88. The number of hydrogen-bond donors (Lipinski definition) is 2. The van der Waals surface area contributed by atoms with Crippen molar-refractivity contribution in [2.75, 3.05) is 6.54 Å². The lowest BCUT2D eigenvalue weighted by molar-refractivity contribution is 0.351. The molecule has 1 aliphatic heterocycles. The van der Waals surface area contributed by atoms with Crippen LogP contribution in [0, 0.1) is 11.8 Å². The minimum absolute atomic E-state index is 0.444. The van der Waals surface area contributed by atoms with Gasteiger partial charge >= 0.3 is 0 Å². The lowest BCUT2D eigenvalue weighted by Crippen LogP contribution is -2.38. The second-order valence-corrected chi connectivity index (χ2v) is 7.30. The Morgan fingerprint density at radius 2 is 2.14 bits per heavy atom. The highest BCUT2D eigenvalue weighted by atomic mass is 16.3. The van der Waals surface area contributed by atoms with Crippen molar-refractivity contribution in [1.29, 1.82) is 0 Å². The summed E-state index contributed by atoms with van der Waals surface area (Å²) in [4.78, 5) is 0. The molecule has 1 heterocycles. The fourth-order valence-electron chi connectivity index (χ4n) is 4.11. The van der Waals surface area contributed by atoms with Gasteiger partial charge in [0.1, 0.15) is 0 Å².